The van der Waals surface area contributed by atoms with Crippen molar-refractivity contribution in [2.24, 2.45) is 5.73 Å². The largest absolute Gasteiger partial charge is 0.513 e. The maximum Gasteiger partial charge on any atom is 0.513 e. The first-order valence-corrected chi connectivity index (χ1v) is 13.0. The molecule has 0 amide bonds. The Morgan fingerprint density at radius 1 is 0.846 bits per heavy atom. The second-order valence-electron chi connectivity index (χ2n) is 9.72. The Kier molecular flexibility index (Phi) is 14.7. The van der Waals surface area contributed by atoms with Crippen LogP contribution in [0.1, 0.15) is 72.8 Å². The summed E-state index contributed by atoms with van der Waals surface area (Å²) in [6.07, 6.45) is -0.602. The van der Waals surface area contributed by atoms with E-state index in [9.17, 15) is 19.2 Å². The van der Waals surface area contributed by atoms with Gasteiger partial charge in [0, 0.05) is 0 Å². The van der Waals surface area contributed by atoms with Crippen LogP contribution in [0.15, 0.2) is 18.2 Å². The first-order chi connectivity index (χ1) is 18.3. The summed E-state index contributed by atoms with van der Waals surface area (Å²) in [4.78, 5) is 48.3. The molecule has 0 unspecified atom stereocenters. The van der Waals surface area contributed by atoms with E-state index in [-0.39, 0.29) is 37.7 Å². The fraction of sp³-hybridized carbons (Fsp3) is 0.630. The lowest BCUT2D eigenvalue weighted by Gasteiger charge is -2.21. The summed E-state index contributed by atoms with van der Waals surface area (Å²) in [6.45, 7) is 10.6. The molecule has 220 valence electrons. The summed E-state index contributed by atoms with van der Waals surface area (Å²) in [5.41, 5.74) is 5.76. The van der Waals surface area contributed by atoms with Crippen molar-refractivity contribution >= 4 is 24.4 Å². The smallest absolute Gasteiger partial charge is 0.461 e. The third-order valence-electron chi connectivity index (χ3n) is 4.74. The maximum atomic E-state index is 12.4. The van der Waals surface area contributed by atoms with Crippen LogP contribution in [0.5, 0.6) is 11.5 Å². The number of hydrogen-bond acceptors (Lipinski definition) is 12. The normalized spacial score (nSPS) is 12.5. The molecule has 0 aliphatic rings. The zero-order valence-corrected chi connectivity index (χ0v) is 23.6. The fourth-order valence-electron chi connectivity index (χ4n) is 2.80. The molecule has 39 heavy (non-hydrogen) atoms. The van der Waals surface area contributed by atoms with Gasteiger partial charge in [-0.3, -0.25) is 4.79 Å². The van der Waals surface area contributed by atoms with Crippen LogP contribution < -0.4 is 15.2 Å². The van der Waals surface area contributed by atoms with Gasteiger partial charge in [-0.05, 0) is 64.7 Å². The van der Waals surface area contributed by atoms with Crippen LogP contribution in [0.25, 0.3) is 0 Å². The lowest BCUT2D eigenvalue weighted by molar-refractivity contribution is -0.148. The molecule has 2 atom stereocenters. The zero-order valence-electron chi connectivity index (χ0n) is 23.6. The van der Waals surface area contributed by atoms with E-state index in [1.807, 2.05) is 13.8 Å². The van der Waals surface area contributed by atoms with Crippen LogP contribution in [0, 0.1) is 0 Å². The van der Waals surface area contributed by atoms with Crippen molar-refractivity contribution in [1.82, 2.24) is 0 Å². The van der Waals surface area contributed by atoms with E-state index in [1.165, 1.54) is 19.1 Å². The predicted octanol–water partition coefficient (Wildman–Crippen LogP) is 5.07. The van der Waals surface area contributed by atoms with E-state index in [0.29, 0.717) is 18.4 Å². The van der Waals surface area contributed by atoms with Gasteiger partial charge in [-0.15, -0.1) is 0 Å². The SMILES string of the molecule is CCCCOC(=O)Oc1ccc(C[C@H](N)C(=O)OC[C@H](C)OC(=O)OC(C)(C)C)cc1OC(=O)OCCCC. The van der Waals surface area contributed by atoms with Crippen LogP contribution in [0.4, 0.5) is 14.4 Å². The lowest BCUT2D eigenvalue weighted by Crippen LogP contribution is -2.36. The molecule has 0 bridgehead atoms. The number of hydrogen-bond donors (Lipinski definition) is 1. The van der Waals surface area contributed by atoms with Gasteiger partial charge in [0.05, 0.1) is 13.2 Å². The Morgan fingerprint density at radius 2 is 1.41 bits per heavy atom. The van der Waals surface area contributed by atoms with Crippen LogP contribution in [0.3, 0.4) is 0 Å². The first kappa shape index (κ1) is 33.5. The van der Waals surface area contributed by atoms with E-state index in [2.05, 4.69) is 0 Å². The predicted molar refractivity (Wildman–Crippen MR) is 140 cm³/mol. The van der Waals surface area contributed by atoms with Gasteiger partial charge in [-0.2, -0.15) is 0 Å². The molecule has 12 nitrogen and oxygen atoms in total. The summed E-state index contributed by atoms with van der Waals surface area (Å²) in [5.74, 6) is -0.922. The van der Waals surface area contributed by atoms with E-state index in [4.69, 9.17) is 38.9 Å². The molecule has 0 aliphatic heterocycles. The van der Waals surface area contributed by atoms with Crippen molar-refractivity contribution in [2.75, 3.05) is 19.8 Å². The number of unbranched alkanes of at least 4 members (excludes halogenated alkanes) is 2. The first-order valence-electron chi connectivity index (χ1n) is 13.0. The van der Waals surface area contributed by atoms with Crippen molar-refractivity contribution < 1.29 is 52.3 Å². The Labute approximate surface area is 229 Å². The van der Waals surface area contributed by atoms with Gasteiger partial charge < -0.3 is 38.9 Å². The summed E-state index contributed by atoms with van der Waals surface area (Å²) in [6, 6.07) is 3.25. The van der Waals surface area contributed by atoms with Crippen molar-refractivity contribution in [3.8, 4) is 11.5 Å². The van der Waals surface area contributed by atoms with Gasteiger partial charge in [0.2, 0.25) is 0 Å². The second-order valence-corrected chi connectivity index (χ2v) is 9.72. The Hall–Kier alpha value is -3.54. The Balaban J connectivity index is 2.81. The Bertz CT molecular complexity index is 942. The molecule has 1 aromatic carbocycles. The molecule has 1 aromatic rings. The van der Waals surface area contributed by atoms with E-state index in [1.54, 1.807) is 26.8 Å². The highest BCUT2D eigenvalue weighted by Crippen LogP contribution is 2.30. The standard InChI is InChI=1S/C27H41NO11/c1-7-9-13-33-24(30)37-21-12-11-19(16-22(21)38-25(31)34-14-10-8-2)15-20(28)23(29)35-17-18(3)36-26(32)39-27(4,5)6/h11-12,16,18,20H,7-10,13-15,17,28H2,1-6H3/t18-,20-/m0/s1. The second kappa shape index (κ2) is 17.1. The highest BCUT2D eigenvalue weighted by atomic mass is 16.8. The molecule has 0 heterocycles. The van der Waals surface area contributed by atoms with Crippen LogP contribution in [0.2, 0.25) is 0 Å². The van der Waals surface area contributed by atoms with Crippen molar-refractivity contribution in [3.63, 3.8) is 0 Å². The number of ether oxygens (including phenoxy) is 7. The molecule has 1 rings (SSSR count). The number of benzene rings is 1. The molecule has 0 spiro atoms. The highest BCUT2D eigenvalue weighted by Gasteiger charge is 2.23. The number of carbonyl (C=O) groups is 4. The van der Waals surface area contributed by atoms with Gasteiger partial charge in [0.15, 0.2) is 11.5 Å². The van der Waals surface area contributed by atoms with Crippen LogP contribution in [-0.4, -0.2) is 62.0 Å². The van der Waals surface area contributed by atoms with E-state index >= 15 is 0 Å². The van der Waals surface area contributed by atoms with Crippen LogP contribution >= 0.6 is 0 Å². The van der Waals surface area contributed by atoms with Gasteiger partial charge in [-0.1, -0.05) is 32.8 Å². The molecule has 0 aliphatic carbocycles. The van der Waals surface area contributed by atoms with Gasteiger partial charge in [0.1, 0.15) is 24.4 Å². The summed E-state index contributed by atoms with van der Waals surface area (Å²) >= 11 is 0. The van der Waals surface area contributed by atoms with E-state index in [0.717, 1.165) is 12.8 Å². The van der Waals surface area contributed by atoms with Gasteiger partial charge in [-0.25, -0.2) is 14.4 Å². The average molecular weight is 556 g/mol. The average Bonchev–Trinajstić information content (AvgIpc) is 2.83. The molecule has 12 heteroatoms. The quantitative estimate of drug-likeness (QED) is 0.141. The van der Waals surface area contributed by atoms with Crippen molar-refractivity contribution in [3.05, 3.63) is 23.8 Å². The molecule has 0 aromatic heterocycles. The summed E-state index contributed by atoms with van der Waals surface area (Å²) < 4.78 is 35.7. The minimum absolute atomic E-state index is 0.00259. The molecular weight excluding hydrogens is 514 g/mol. The molecule has 0 fully saturated rings. The van der Waals surface area contributed by atoms with Crippen molar-refractivity contribution in [2.45, 2.75) is 91.4 Å². The number of rotatable bonds is 14. The topological polar surface area (TPSA) is 159 Å². The number of carbonyl (C=O) groups excluding carboxylic acids is 4. The van der Waals surface area contributed by atoms with Gasteiger partial charge in [0.25, 0.3) is 0 Å². The van der Waals surface area contributed by atoms with Crippen LogP contribution in [-0.2, 0) is 34.9 Å². The highest BCUT2D eigenvalue weighted by molar-refractivity contribution is 5.76. The minimum atomic E-state index is -1.09. The minimum Gasteiger partial charge on any atom is -0.461 e. The number of nitrogens with two attached hydrogens (primary N) is 1. The molecular formula is C27H41NO11. The zero-order chi connectivity index (χ0) is 29.4. The molecule has 0 saturated heterocycles. The number of esters is 1. The molecule has 2 N–H and O–H groups in total. The lowest BCUT2D eigenvalue weighted by atomic mass is 10.1. The third kappa shape index (κ3) is 14.8. The molecule has 0 radical (unpaired) electrons. The summed E-state index contributed by atoms with van der Waals surface area (Å²) in [5, 5.41) is 0. The van der Waals surface area contributed by atoms with E-state index < -0.39 is 42.2 Å². The van der Waals surface area contributed by atoms with Crippen molar-refractivity contribution in [1.29, 1.82) is 0 Å². The van der Waals surface area contributed by atoms with Gasteiger partial charge >= 0.3 is 24.4 Å². The molecule has 0 saturated carbocycles. The monoisotopic (exact) mass is 555 g/mol. The maximum absolute atomic E-state index is 12.4. The fourth-order valence-corrected chi connectivity index (χ4v) is 2.80. The Morgan fingerprint density at radius 3 is 1.95 bits per heavy atom. The summed E-state index contributed by atoms with van der Waals surface area (Å²) in [7, 11) is 0. The third-order valence-corrected chi connectivity index (χ3v) is 4.74.